The van der Waals surface area contributed by atoms with Crippen molar-refractivity contribution in [2.75, 3.05) is 37.7 Å². The molecular formula is C19H27IN4O2. The first-order valence-electron chi connectivity index (χ1n) is 8.81. The van der Waals surface area contributed by atoms with Gasteiger partial charge in [0.15, 0.2) is 5.96 Å². The van der Waals surface area contributed by atoms with Crippen LogP contribution in [0.1, 0.15) is 18.2 Å². The minimum absolute atomic E-state index is 0. The second-order valence-corrected chi connectivity index (χ2v) is 5.89. The monoisotopic (exact) mass is 470 g/mol. The number of morpholine rings is 1. The number of aliphatic imine (C=N–C) groups is 1. The molecule has 0 saturated carbocycles. The summed E-state index contributed by atoms with van der Waals surface area (Å²) >= 11 is 0. The predicted octanol–water partition coefficient (Wildman–Crippen LogP) is 2.99. The van der Waals surface area contributed by atoms with Crippen molar-refractivity contribution < 1.29 is 9.15 Å². The fraction of sp³-hybridized carbons (Fsp3) is 0.421. The van der Waals surface area contributed by atoms with E-state index in [1.165, 1.54) is 11.3 Å². The Morgan fingerprint density at radius 2 is 1.88 bits per heavy atom. The first-order chi connectivity index (χ1) is 12.3. The SMILES string of the molecule is CCNC(=NCc1ccc(N2CCOCC2)cc1)NCc1ccco1.I. The Balaban J connectivity index is 0.00000243. The van der Waals surface area contributed by atoms with E-state index in [1.54, 1.807) is 6.26 Å². The molecule has 3 rings (SSSR count). The molecule has 0 aliphatic carbocycles. The first-order valence-corrected chi connectivity index (χ1v) is 8.81. The molecule has 6 nitrogen and oxygen atoms in total. The molecule has 1 fully saturated rings. The van der Waals surface area contributed by atoms with Gasteiger partial charge in [-0.15, -0.1) is 24.0 Å². The maximum atomic E-state index is 5.40. The van der Waals surface area contributed by atoms with Crippen LogP contribution in [-0.4, -0.2) is 38.8 Å². The van der Waals surface area contributed by atoms with Gasteiger partial charge in [-0.25, -0.2) is 4.99 Å². The number of anilines is 1. The number of rotatable bonds is 6. The van der Waals surface area contributed by atoms with Gasteiger partial charge < -0.3 is 24.7 Å². The highest BCUT2D eigenvalue weighted by molar-refractivity contribution is 14.0. The largest absolute Gasteiger partial charge is 0.467 e. The number of hydrogen-bond donors (Lipinski definition) is 2. The van der Waals surface area contributed by atoms with Crippen LogP contribution in [0.3, 0.4) is 0 Å². The molecule has 7 heteroatoms. The van der Waals surface area contributed by atoms with Gasteiger partial charge in [0.05, 0.1) is 32.6 Å². The van der Waals surface area contributed by atoms with Crippen molar-refractivity contribution in [3.05, 3.63) is 54.0 Å². The van der Waals surface area contributed by atoms with Crippen molar-refractivity contribution in [3.8, 4) is 0 Å². The van der Waals surface area contributed by atoms with Crippen LogP contribution in [0.5, 0.6) is 0 Å². The van der Waals surface area contributed by atoms with Gasteiger partial charge in [-0.2, -0.15) is 0 Å². The van der Waals surface area contributed by atoms with Gasteiger partial charge in [0, 0.05) is 25.3 Å². The van der Waals surface area contributed by atoms with Crippen molar-refractivity contribution >= 4 is 35.6 Å². The van der Waals surface area contributed by atoms with Crippen LogP contribution in [0.4, 0.5) is 5.69 Å². The maximum absolute atomic E-state index is 5.40. The van der Waals surface area contributed by atoms with Gasteiger partial charge in [-0.1, -0.05) is 12.1 Å². The number of ether oxygens (including phenoxy) is 1. The summed E-state index contributed by atoms with van der Waals surface area (Å²) in [7, 11) is 0. The summed E-state index contributed by atoms with van der Waals surface area (Å²) in [6.07, 6.45) is 1.68. The second kappa shape index (κ2) is 11.1. The number of halogens is 1. The standard InChI is InChI=1S/C19H26N4O2.HI/c1-2-20-19(22-15-18-4-3-11-25-18)21-14-16-5-7-17(8-6-16)23-9-12-24-13-10-23;/h3-8,11H,2,9-10,12-15H2,1H3,(H2,20,21,22);1H. The third kappa shape index (κ3) is 6.21. The maximum Gasteiger partial charge on any atom is 0.191 e. The number of furan rings is 1. The minimum Gasteiger partial charge on any atom is -0.467 e. The second-order valence-electron chi connectivity index (χ2n) is 5.89. The van der Waals surface area contributed by atoms with Gasteiger partial charge in [0.25, 0.3) is 0 Å². The Kier molecular flexibility index (Phi) is 8.76. The third-order valence-corrected chi connectivity index (χ3v) is 4.09. The summed E-state index contributed by atoms with van der Waals surface area (Å²) in [5.41, 5.74) is 2.44. The van der Waals surface area contributed by atoms with Crippen LogP contribution in [0, 0.1) is 0 Å². The van der Waals surface area contributed by atoms with E-state index >= 15 is 0 Å². The van der Waals surface area contributed by atoms with Gasteiger partial charge in [0.1, 0.15) is 5.76 Å². The van der Waals surface area contributed by atoms with Crippen LogP contribution in [0.2, 0.25) is 0 Å². The Labute approximate surface area is 172 Å². The first kappa shape index (κ1) is 20.6. The topological polar surface area (TPSA) is 62.0 Å². The Hall–Kier alpha value is -1.74. The number of nitrogens with one attached hydrogen (secondary N) is 2. The molecule has 1 aliphatic heterocycles. The summed E-state index contributed by atoms with van der Waals surface area (Å²) in [5.74, 6) is 1.68. The zero-order valence-corrected chi connectivity index (χ0v) is 17.4. The van der Waals surface area contributed by atoms with E-state index in [1.807, 2.05) is 12.1 Å². The van der Waals surface area contributed by atoms with Crippen LogP contribution in [0.25, 0.3) is 0 Å². The van der Waals surface area contributed by atoms with Crippen molar-refractivity contribution in [2.24, 2.45) is 4.99 Å². The lowest BCUT2D eigenvalue weighted by Crippen LogP contribution is -2.36. The molecule has 2 heterocycles. The molecule has 2 N–H and O–H groups in total. The summed E-state index contributed by atoms with van der Waals surface area (Å²) in [6.45, 7) is 7.66. The molecule has 0 spiro atoms. The van der Waals surface area contributed by atoms with E-state index in [0.29, 0.717) is 13.1 Å². The quantitative estimate of drug-likeness (QED) is 0.386. The Bertz CT molecular complexity index is 653. The van der Waals surface area contributed by atoms with Crippen molar-refractivity contribution in [1.82, 2.24) is 10.6 Å². The average molecular weight is 470 g/mol. The zero-order chi connectivity index (χ0) is 17.3. The Morgan fingerprint density at radius 3 is 2.54 bits per heavy atom. The summed E-state index contributed by atoms with van der Waals surface area (Å²) in [4.78, 5) is 7.00. The normalized spacial score (nSPS) is 14.7. The van der Waals surface area contributed by atoms with Crippen molar-refractivity contribution in [1.29, 1.82) is 0 Å². The lowest BCUT2D eigenvalue weighted by molar-refractivity contribution is 0.122. The summed E-state index contributed by atoms with van der Waals surface area (Å²) in [6, 6.07) is 12.4. The van der Waals surface area contributed by atoms with E-state index in [4.69, 9.17) is 9.15 Å². The highest BCUT2D eigenvalue weighted by atomic mass is 127. The van der Waals surface area contributed by atoms with E-state index in [0.717, 1.165) is 44.6 Å². The van der Waals surface area contributed by atoms with E-state index in [2.05, 4.69) is 51.7 Å². The van der Waals surface area contributed by atoms with Crippen LogP contribution < -0.4 is 15.5 Å². The lowest BCUT2D eigenvalue weighted by Gasteiger charge is -2.28. The van der Waals surface area contributed by atoms with Crippen LogP contribution >= 0.6 is 24.0 Å². The predicted molar refractivity (Wildman–Crippen MR) is 115 cm³/mol. The molecular weight excluding hydrogens is 443 g/mol. The molecule has 26 heavy (non-hydrogen) atoms. The van der Waals surface area contributed by atoms with Gasteiger partial charge in [-0.05, 0) is 36.8 Å². The fourth-order valence-corrected chi connectivity index (χ4v) is 2.73. The number of nitrogens with zero attached hydrogens (tertiary/aromatic N) is 2. The molecule has 1 saturated heterocycles. The number of guanidine groups is 1. The molecule has 0 unspecified atom stereocenters. The molecule has 0 bridgehead atoms. The summed E-state index contributed by atoms with van der Waals surface area (Å²) in [5, 5.41) is 6.53. The third-order valence-electron chi connectivity index (χ3n) is 4.09. The molecule has 2 aromatic rings. The average Bonchev–Trinajstić information content (AvgIpc) is 3.19. The highest BCUT2D eigenvalue weighted by Crippen LogP contribution is 2.17. The number of benzene rings is 1. The van der Waals surface area contributed by atoms with Gasteiger partial charge in [-0.3, -0.25) is 0 Å². The Morgan fingerprint density at radius 1 is 1.12 bits per heavy atom. The zero-order valence-electron chi connectivity index (χ0n) is 15.1. The lowest BCUT2D eigenvalue weighted by atomic mass is 10.2. The molecule has 0 atom stereocenters. The summed E-state index contributed by atoms with van der Waals surface area (Å²) < 4.78 is 10.7. The molecule has 142 valence electrons. The molecule has 0 amide bonds. The van der Waals surface area contributed by atoms with E-state index < -0.39 is 0 Å². The smallest absolute Gasteiger partial charge is 0.191 e. The molecule has 1 aromatic heterocycles. The van der Waals surface area contributed by atoms with E-state index in [-0.39, 0.29) is 24.0 Å². The fourth-order valence-electron chi connectivity index (χ4n) is 2.73. The molecule has 1 aromatic carbocycles. The van der Waals surface area contributed by atoms with Crippen LogP contribution in [-0.2, 0) is 17.8 Å². The van der Waals surface area contributed by atoms with Crippen molar-refractivity contribution in [2.45, 2.75) is 20.0 Å². The van der Waals surface area contributed by atoms with Crippen LogP contribution in [0.15, 0.2) is 52.1 Å². The van der Waals surface area contributed by atoms with Crippen molar-refractivity contribution in [3.63, 3.8) is 0 Å². The van der Waals surface area contributed by atoms with Gasteiger partial charge >= 0.3 is 0 Å². The minimum atomic E-state index is 0. The molecule has 0 radical (unpaired) electrons. The van der Waals surface area contributed by atoms with E-state index in [9.17, 15) is 0 Å². The van der Waals surface area contributed by atoms with Gasteiger partial charge in [0.2, 0.25) is 0 Å². The molecule has 1 aliphatic rings. The highest BCUT2D eigenvalue weighted by Gasteiger charge is 2.10. The number of hydrogen-bond acceptors (Lipinski definition) is 4.